The molecule has 4 saturated carbocycles. The zero-order valence-corrected chi connectivity index (χ0v) is 17.2. The van der Waals surface area contributed by atoms with Gasteiger partial charge in [0.1, 0.15) is 0 Å². The van der Waals surface area contributed by atoms with Crippen LogP contribution in [0, 0.1) is 23.2 Å². The highest BCUT2D eigenvalue weighted by molar-refractivity contribution is 7.89. The molecular formula is C22H27NO5S. The molecule has 5 rings (SSSR count). The van der Waals surface area contributed by atoms with Crippen LogP contribution in [0.3, 0.4) is 0 Å². The summed E-state index contributed by atoms with van der Waals surface area (Å²) in [5, 5.41) is 0. The van der Waals surface area contributed by atoms with Crippen molar-refractivity contribution in [1.29, 1.82) is 0 Å². The van der Waals surface area contributed by atoms with Crippen molar-refractivity contribution >= 4 is 21.8 Å². The van der Waals surface area contributed by atoms with Gasteiger partial charge in [0.25, 0.3) is 0 Å². The maximum absolute atomic E-state index is 13.0. The van der Waals surface area contributed by atoms with Crippen molar-refractivity contribution in [2.75, 3.05) is 13.2 Å². The molecule has 6 nitrogen and oxygen atoms in total. The van der Waals surface area contributed by atoms with Gasteiger partial charge in [-0.2, -0.15) is 0 Å². The predicted molar refractivity (Wildman–Crippen MR) is 108 cm³/mol. The molecule has 29 heavy (non-hydrogen) atoms. The van der Waals surface area contributed by atoms with Gasteiger partial charge in [-0.1, -0.05) is 12.1 Å². The van der Waals surface area contributed by atoms with E-state index in [4.69, 9.17) is 4.74 Å². The lowest BCUT2D eigenvalue weighted by Gasteiger charge is -2.55. The average Bonchev–Trinajstić information content (AvgIpc) is 2.69. The molecule has 0 aliphatic heterocycles. The normalized spacial score (nSPS) is 30.1. The molecule has 1 aromatic rings. The number of ether oxygens (including phenoxy) is 1. The number of nitrogens with one attached hydrogen (secondary N) is 1. The van der Waals surface area contributed by atoms with E-state index >= 15 is 0 Å². The highest BCUT2D eigenvalue weighted by atomic mass is 32.2. The van der Waals surface area contributed by atoms with Crippen LogP contribution in [0.5, 0.6) is 0 Å². The summed E-state index contributed by atoms with van der Waals surface area (Å²) in [5.41, 5.74) is -0.195. The van der Waals surface area contributed by atoms with E-state index in [1.165, 1.54) is 49.6 Å². The van der Waals surface area contributed by atoms with Gasteiger partial charge in [-0.05, 0) is 74.5 Å². The van der Waals surface area contributed by atoms with Crippen LogP contribution >= 0.6 is 0 Å². The highest BCUT2D eigenvalue weighted by Gasteiger charge is 2.54. The molecule has 4 aliphatic carbocycles. The minimum absolute atomic E-state index is 0.0267. The first-order chi connectivity index (χ1) is 13.8. The molecule has 0 spiro atoms. The Kier molecular flexibility index (Phi) is 5.38. The second kappa shape index (κ2) is 7.69. The first kappa shape index (κ1) is 20.3. The van der Waals surface area contributed by atoms with Gasteiger partial charge in [0.2, 0.25) is 10.0 Å². The minimum Gasteiger partial charge on any atom is -0.454 e. The first-order valence-electron chi connectivity index (χ1n) is 10.2. The van der Waals surface area contributed by atoms with Crippen molar-refractivity contribution in [3.05, 3.63) is 42.5 Å². The van der Waals surface area contributed by atoms with E-state index in [1.807, 2.05) is 0 Å². The van der Waals surface area contributed by atoms with Gasteiger partial charge in [0.05, 0.1) is 10.5 Å². The van der Waals surface area contributed by atoms with Gasteiger partial charge in [-0.25, -0.2) is 17.9 Å². The Balaban J connectivity index is 1.41. The third-order valence-corrected chi connectivity index (χ3v) is 8.18. The molecule has 1 N–H and O–H groups in total. The van der Waals surface area contributed by atoms with Gasteiger partial charge in [-0.3, -0.25) is 4.79 Å². The number of carbonyl (C=O) groups excluding carboxylic acids is 2. The lowest BCUT2D eigenvalue weighted by atomic mass is 9.48. The van der Waals surface area contributed by atoms with Gasteiger partial charge >= 0.3 is 5.97 Å². The topological polar surface area (TPSA) is 89.5 Å². The summed E-state index contributed by atoms with van der Waals surface area (Å²) >= 11 is 0. The molecule has 1 aromatic carbocycles. The largest absolute Gasteiger partial charge is 0.454 e. The summed E-state index contributed by atoms with van der Waals surface area (Å²) < 4.78 is 32.1. The molecule has 0 atom stereocenters. The van der Waals surface area contributed by atoms with E-state index in [0.29, 0.717) is 17.8 Å². The van der Waals surface area contributed by atoms with Crippen molar-refractivity contribution < 1.29 is 22.7 Å². The summed E-state index contributed by atoms with van der Waals surface area (Å²) in [6.45, 7) is 3.33. The minimum atomic E-state index is -3.74. The van der Waals surface area contributed by atoms with Crippen molar-refractivity contribution in [2.24, 2.45) is 23.2 Å². The molecule has 0 heterocycles. The lowest BCUT2D eigenvalue weighted by molar-refractivity contribution is -0.147. The second-order valence-electron chi connectivity index (χ2n) is 8.87. The standard InChI is InChI=1S/C22H27NO5S/c1-2-6-23-29(26,27)19-5-3-4-18(10-19)21(25)28-14-20(24)22-11-15-7-16(12-22)9-17(8-15)13-22/h2-5,10,15-17,23H,1,6-9,11-14H2. The molecule has 0 amide bonds. The smallest absolute Gasteiger partial charge is 0.338 e. The van der Waals surface area contributed by atoms with Gasteiger partial charge in [-0.15, -0.1) is 6.58 Å². The highest BCUT2D eigenvalue weighted by Crippen LogP contribution is 2.60. The van der Waals surface area contributed by atoms with Gasteiger partial charge in [0.15, 0.2) is 12.4 Å². The van der Waals surface area contributed by atoms with E-state index in [1.54, 1.807) is 0 Å². The summed E-state index contributed by atoms with van der Waals surface area (Å²) in [4.78, 5) is 25.4. The number of sulfonamides is 1. The van der Waals surface area contributed by atoms with Crippen LogP contribution in [0.1, 0.15) is 48.9 Å². The zero-order chi connectivity index (χ0) is 20.6. The Morgan fingerprint density at radius 2 is 1.76 bits per heavy atom. The molecule has 0 unspecified atom stereocenters. The predicted octanol–water partition coefficient (Wildman–Crippen LogP) is 3.09. The summed E-state index contributed by atoms with van der Waals surface area (Å²) in [7, 11) is -3.74. The molecule has 4 bridgehead atoms. The number of hydrogen-bond acceptors (Lipinski definition) is 5. The third kappa shape index (κ3) is 4.03. The Bertz CT molecular complexity index is 901. The van der Waals surface area contributed by atoms with Gasteiger partial charge < -0.3 is 4.74 Å². The van der Waals surface area contributed by atoms with Crippen LogP contribution in [0.15, 0.2) is 41.8 Å². The van der Waals surface area contributed by atoms with E-state index in [0.717, 1.165) is 19.3 Å². The molecule has 156 valence electrons. The summed E-state index contributed by atoms with van der Waals surface area (Å²) in [6.07, 6.45) is 7.95. The maximum Gasteiger partial charge on any atom is 0.338 e. The van der Waals surface area contributed by atoms with Crippen molar-refractivity contribution in [3.63, 3.8) is 0 Å². The monoisotopic (exact) mass is 417 g/mol. The molecule has 0 aromatic heterocycles. The van der Waals surface area contributed by atoms with Crippen LogP contribution in [-0.4, -0.2) is 33.3 Å². The van der Waals surface area contributed by atoms with Crippen molar-refractivity contribution in [2.45, 2.75) is 43.4 Å². The Labute approximate surface area is 171 Å². The zero-order valence-electron chi connectivity index (χ0n) is 16.4. The second-order valence-corrected chi connectivity index (χ2v) is 10.6. The summed E-state index contributed by atoms with van der Waals surface area (Å²) in [5.74, 6) is 1.28. The Morgan fingerprint density at radius 1 is 1.14 bits per heavy atom. The number of benzene rings is 1. The lowest BCUT2D eigenvalue weighted by Crippen LogP contribution is -2.51. The Morgan fingerprint density at radius 3 is 2.34 bits per heavy atom. The van der Waals surface area contributed by atoms with Crippen LogP contribution < -0.4 is 4.72 Å². The fraction of sp³-hybridized carbons (Fsp3) is 0.545. The average molecular weight is 418 g/mol. The van der Waals surface area contributed by atoms with Gasteiger partial charge in [0, 0.05) is 12.0 Å². The number of hydrogen-bond donors (Lipinski definition) is 1. The molecule has 0 radical (unpaired) electrons. The van der Waals surface area contributed by atoms with Crippen molar-refractivity contribution in [3.8, 4) is 0 Å². The SMILES string of the molecule is C=CCNS(=O)(=O)c1cccc(C(=O)OCC(=O)C23CC4CC(CC(C4)C2)C3)c1. The van der Waals surface area contributed by atoms with E-state index in [-0.39, 0.29) is 34.8 Å². The molecule has 0 saturated heterocycles. The molecular weight excluding hydrogens is 390 g/mol. The van der Waals surface area contributed by atoms with E-state index < -0.39 is 16.0 Å². The summed E-state index contributed by atoms with van der Waals surface area (Å²) in [6, 6.07) is 5.65. The number of ketones is 1. The fourth-order valence-corrected chi connectivity index (χ4v) is 6.91. The van der Waals surface area contributed by atoms with Crippen LogP contribution in [0.4, 0.5) is 0 Å². The molecule has 4 aliphatic rings. The van der Waals surface area contributed by atoms with E-state index in [2.05, 4.69) is 11.3 Å². The quantitative estimate of drug-likeness (QED) is 0.519. The molecule has 7 heteroatoms. The van der Waals surface area contributed by atoms with Crippen LogP contribution in [0.25, 0.3) is 0 Å². The number of rotatable bonds is 8. The van der Waals surface area contributed by atoms with Crippen LogP contribution in [-0.2, 0) is 19.6 Å². The third-order valence-electron chi connectivity index (χ3n) is 6.76. The van der Waals surface area contributed by atoms with Crippen LogP contribution in [0.2, 0.25) is 0 Å². The number of Topliss-reactive ketones (excluding diaryl/α,β-unsaturated/α-hetero) is 1. The fourth-order valence-electron chi connectivity index (χ4n) is 5.86. The number of esters is 1. The first-order valence-corrected chi connectivity index (χ1v) is 11.7. The van der Waals surface area contributed by atoms with Crippen molar-refractivity contribution in [1.82, 2.24) is 4.72 Å². The molecule has 4 fully saturated rings. The Hall–Kier alpha value is -1.99. The number of carbonyl (C=O) groups is 2. The van der Waals surface area contributed by atoms with E-state index in [9.17, 15) is 18.0 Å². The maximum atomic E-state index is 13.0.